The van der Waals surface area contributed by atoms with Gasteiger partial charge >= 0.3 is 0 Å². The summed E-state index contributed by atoms with van der Waals surface area (Å²) >= 11 is 9.31. The molecule has 0 bridgehead atoms. The number of ether oxygens (including phenoxy) is 1. The van der Waals surface area contributed by atoms with Gasteiger partial charge in [0, 0.05) is 26.8 Å². The number of H-pyrrole nitrogens is 1. The van der Waals surface area contributed by atoms with Crippen LogP contribution in [-0.2, 0) is 0 Å². The van der Waals surface area contributed by atoms with E-state index < -0.39 is 0 Å². The van der Waals surface area contributed by atoms with Gasteiger partial charge in [0.15, 0.2) is 5.78 Å². The van der Waals surface area contributed by atoms with Gasteiger partial charge in [-0.05, 0) is 46.3 Å². The number of carbonyl (C=O) groups is 1. The maximum absolute atomic E-state index is 12.8. The van der Waals surface area contributed by atoms with Crippen molar-refractivity contribution in [3.8, 4) is 5.75 Å². The Balaban J connectivity index is 2.18. The van der Waals surface area contributed by atoms with Gasteiger partial charge in [-0.1, -0.05) is 17.7 Å². The Morgan fingerprint density at radius 3 is 2.76 bits per heavy atom. The van der Waals surface area contributed by atoms with Gasteiger partial charge in [0.1, 0.15) is 5.75 Å². The van der Waals surface area contributed by atoms with Crippen LogP contribution in [0.25, 0.3) is 10.9 Å². The molecule has 0 amide bonds. The molecule has 0 aliphatic carbocycles. The van der Waals surface area contributed by atoms with Gasteiger partial charge < -0.3 is 9.72 Å². The molecule has 1 N–H and O–H groups in total. The number of hydrogen-bond donors (Lipinski definition) is 1. The number of carbonyl (C=O) groups excluding carboxylic acids is 1. The first-order chi connectivity index (χ1) is 10.1. The van der Waals surface area contributed by atoms with E-state index in [2.05, 4.69) is 20.9 Å². The molecule has 0 aliphatic rings. The van der Waals surface area contributed by atoms with E-state index in [1.165, 1.54) is 0 Å². The molecule has 3 rings (SSSR count). The molecular weight excluding hydrogens is 354 g/mol. The Bertz CT molecular complexity index is 841. The summed E-state index contributed by atoms with van der Waals surface area (Å²) in [6, 6.07) is 10.7. The number of benzene rings is 2. The van der Waals surface area contributed by atoms with Crippen LogP contribution < -0.4 is 4.74 Å². The Hall–Kier alpha value is -1.78. The molecule has 5 heteroatoms. The number of hydrogen-bond acceptors (Lipinski definition) is 2. The largest absolute Gasteiger partial charge is 0.496 e. The number of ketones is 1. The molecule has 0 radical (unpaired) electrons. The Kier molecular flexibility index (Phi) is 3.74. The molecule has 106 valence electrons. The highest BCUT2D eigenvalue weighted by Crippen LogP contribution is 2.32. The van der Waals surface area contributed by atoms with Crippen LogP contribution >= 0.6 is 27.5 Å². The van der Waals surface area contributed by atoms with E-state index in [0.717, 1.165) is 10.9 Å². The number of aromatic amines is 1. The Morgan fingerprint density at radius 2 is 2.05 bits per heavy atom. The molecule has 0 spiro atoms. The lowest BCUT2D eigenvalue weighted by atomic mass is 10.0. The summed E-state index contributed by atoms with van der Waals surface area (Å²) in [5.41, 5.74) is 2.00. The predicted molar refractivity (Wildman–Crippen MR) is 87.4 cm³/mol. The van der Waals surface area contributed by atoms with Crippen LogP contribution in [0.3, 0.4) is 0 Å². The molecule has 0 saturated heterocycles. The van der Waals surface area contributed by atoms with Crippen molar-refractivity contribution < 1.29 is 9.53 Å². The molecule has 0 fully saturated rings. The summed E-state index contributed by atoms with van der Waals surface area (Å²) in [4.78, 5) is 15.9. The van der Waals surface area contributed by atoms with E-state index in [0.29, 0.717) is 26.4 Å². The van der Waals surface area contributed by atoms with Crippen molar-refractivity contribution in [2.45, 2.75) is 0 Å². The molecule has 1 aromatic heterocycles. The highest BCUT2D eigenvalue weighted by molar-refractivity contribution is 9.10. The lowest BCUT2D eigenvalue weighted by Gasteiger charge is -2.06. The molecule has 0 saturated carbocycles. The van der Waals surface area contributed by atoms with Gasteiger partial charge in [-0.15, -0.1) is 0 Å². The smallest absolute Gasteiger partial charge is 0.196 e. The highest BCUT2D eigenvalue weighted by Gasteiger charge is 2.19. The molecule has 1 heterocycles. The standard InChI is InChI=1S/C16H11BrClNO2/c1-21-14-4-2-3-13-15(14)11(8-19-13)16(20)10-6-5-9(18)7-12(10)17/h2-8,19H,1H3. The molecule has 0 unspecified atom stereocenters. The van der Waals surface area contributed by atoms with Crippen LogP contribution in [0.1, 0.15) is 15.9 Å². The summed E-state index contributed by atoms with van der Waals surface area (Å²) in [6.45, 7) is 0. The molecule has 3 nitrogen and oxygen atoms in total. The van der Waals surface area contributed by atoms with Gasteiger partial charge in [-0.25, -0.2) is 0 Å². The minimum atomic E-state index is -0.0886. The van der Waals surface area contributed by atoms with Crippen molar-refractivity contribution in [1.82, 2.24) is 4.98 Å². The lowest BCUT2D eigenvalue weighted by molar-refractivity contribution is 0.103. The van der Waals surface area contributed by atoms with E-state index in [1.54, 1.807) is 31.5 Å². The van der Waals surface area contributed by atoms with E-state index in [1.807, 2.05) is 18.2 Å². The third-order valence-electron chi connectivity index (χ3n) is 3.31. The summed E-state index contributed by atoms with van der Waals surface area (Å²) in [7, 11) is 1.59. The van der Waals surface area contributed by atoms with Crippen molar-refractivity contribution >= 4 is 44.2 Å². The first-order valence-corrected chi connectivity index (χ1v) is 7.42. The second kappa shape index (κ2) is 5.54. The van der Waals surface area contributed by atoms with Crippen LogP contribution in [0.2, 0.25) is 5.02 Å². The monoisotopic (exact) mass is 363 g/mol. The SMILES string of the molecule is COc1cccc2[nH]cc(C(=O)c3ccc(Cl)cc3Br)c12. The van der Waals surface area contributed by atoms with E-state index >= 15 is 0 Å². The van der Waals surface area contributed by atoms with Crippen LogP contribution in [0.4, 0.5) is 0 Å². The first kappa shape index (κ1) is 14.2. The average molecular weight is 365 g/mol. The number of methoxy groups -OCH3 is 1. The third kappa shape index (κ3) is 2.45. The fraction of sp³-hybridized carbons (Fsp3) is 0.0625. The topological polar surface area (TPSA) is 42.1 Å². The van der Waals surface area contributed by atoms with Crippen molar-refractivity contribution in [2.75, 3.05) is 7.11 Å². The quantitative estimate of drug-likeness (QED) is 0.677. The Labute approximate surface area is 135 Å². The van der Waals surface area contributed by atoms with Crippen molar-refractivity contribution in [2.24, 2.45) is 0 Å². The third-order valence-corrected chi connectivity index (χ3v) is 4.20. The maximum Gasteiger partial charge on any atom is 0.196 e. The maximum atomic E-state index is 12.8. The number of halogens is 2. The number of rotatable bonds is 3. The summed E-state index contributed by atoms with van der Waals surface area (Å²) in [5, 5.41) is 1.36. The molecule has 21 heavy (non-hydrogen) atoms. The number of fused-ring (bicyclic) bond motifs is 1. The van der Waals surface area contributed by atoms with E-state index in [4.69, 9.17) is 16.3 Å². The minimum Gasteiger partial charge on any atom is -0.496 e. The second-order valence-electron chi connectivity index (χ2n) is 4.54. The zero-order valence-electron chi connectivity index (χ0n) is 11.1. The fourth-order valence-corrected chi connectivity index (χ4v) is 3.18. The van der Waals surface area contributed by atoms with Gasteiger partial charge in [0.25, 0.3) is 0 Å². The van der Waals surface area contributed by atoms with Crippen molar-refractivity contribution in [3.05, 3.63) is 63.2 Å². The number of aromatic nitrogens is 1. The van der Waals surface area contributed by atoms with Gasteiger partial charge in [0.2, 0.25) is 0 Å². The van der Waals surface area contributed by atoms with Crippen LogP contribution in [0.15, 0.2) is 47.1 Å². The van der Waals surface area contributed by atoms with Gasteiger partial charge in [-0.2, -0.15) is 0 Å². The van der Waals surface area contributed by atoms with E-state index in [-0.39, 0.29) is 5.78 Å². The predicted octanol–water partition coefficient (Wildman–Crippen LogP) is 4.82. The van der Waals surface area contributed by atoms with Gasteiger partial charge in [0.05, 0.1) is 18.1 Å². The van der Waals surface area contributed by atoms with Crippen LogP contribution in [0, 0.1) is 0 Å². The Morgan fingerprint density at radius 1 is 1.24 bits per heavy atom. The molecule has 2 aromatic carbocycles. The summed E-state index contributed by atoms with van der Waals surface area (Å²) in [6.07, 6.45) is 1.70. The summed E-state index contributed by atoms with van der Waals surface area (Å²) < 4.78 is 6.03. The van der Waals surface area contributed by atoms with Gasteiger partial charge in [-0.3, -0.25) is 4.79 Å². The summed E-state index contributed by atoms with van der Waals surface area (Å²) in [5.74, 6) is 0.580. The first-order valence-electron chi connectivity index (χ1n) is 6.25. The zero-order valence-corrected chi connectivity index (χ0v) is 13.5. The normalized spacial score (nSPS) is 10.8. The van der Waals surface area contributed by atoms with E-state index in [9.17, 15) is 4.79 Å². The number of nitrogens with one attached hydrogen (secondary N) is 1. The average Bonchev–Trinajstić information content (AvgIpc) is 2.90. The molecular formula is C16H11BrClNO2. The highest BCUT2D eigenvalue weighted by atomic mass is 79.9. The van der Waals surface area contributed by atoms with Crippen molar-refractivity contribution in [3.63, 3.8) is 0 Å². The van der Waals surface area contributed by atoms with Crippen LogP contribution in [-0.4, -0.2) is 17.9 Å². The fourth-order valence-electron chi connectivity index (χ4n) is 2.32. The molecule has 0 atom stereocenters. The van der Waals surface area contributed by atoms with Crippen LogP contribution in [0.5, 0.6) is 5.75 Å². The molecule has 0 aliphatic heterocycles. The zero-order chi connectivity index (χ0) is 15.0. The molecule has 3 aromatic rings. The second-order valence-corrected chi connectivity index (χ2v) is 5.83. The minimum absolute atomic E-state index is 0.0886. The van der Waals surface area contributed by atoms with Crippen molar-refractivity contribution in [1.29, 1.82) is 0 Å². The lowest BCUT2D eigenvalue weighted by Crippen LogP contribution is -2.02.